The highest BCUT2D eigenvalue weighted by molar-refractivity contribution is 7.14. The van der Waals surface area contributed by atoms with E-state index in [0.717, 1.165) is 5.56 Å². The quantitative estimate of drug-likeness (QED) is 0.626. The molecule has 3 aromatic rings. The molecule has 1 atom stereocenters. The average Bonchev–Trinajstić information content (AvgIpc) is 3.29. The van der Waals surface area contributed by atoms with E-state index in [-0.39, 0.29) is 30.0 Å². The van der Waals surface area contributed by atoms with Crippen LogP contribution >= 0.6 is 22.9 Å². The first-order valence-corrected chi connectivity index (χ1v) is 9.59. The Morgan fingerprint density at radius 2 is 2.07 bits per heavy atom. The van der Waals surface area contributed by atoms with Crippen molar-refractivity contribution in [2.75, 3.05) is 5.32 Å². The number of aromatic nitrogens is 1. The van der Waals surface area contributed by atoms with Crippen molar-refractivity contribution in [3.63, 3.8) is 0 Å². The van der Waals surface area contributed by atoms with E-state index in [1.54, 1.807) is 17.5 Å². The number of halogens is 1. The number of carbonyl (C=O) groups excluding carboxylic acids is 2. The topological polar surface area (TPSA) is 84.2 Å². The maximum absolute atomic E-state index is 12.2. The second-order valence-electron chi connectivity index (χ2n) is 6.02. The number of thiazole rings is 1. The Labute approximate surface area is 165 Å². The van der Waals surface area contributed by atoms with Gasteiger partial charge in [-0.15, -0.1) is 11.3 Å². The third kappa shape index (κ3) is 5.42. The van der Waals surface area contributed by atoms with Crippen molar-refractivity contribution in [2.45, 2.75) is 25.8 Å². The van der Waals surface area contributed by atoms with Gasteiger partial charge in [-0.2, -0.15) is 0 Å². The molecule has 27 heavy (non-hydrogen) atoms. The summed E-state index contributed by atoms with van der Waals surface area (Å²) in [5.74, 6) is -0.305. The van der Waals surface area contributed by atoms with Gasteiger partial charge in [-0.1, -0.05) is 29.8 Å². The lowest BCUT2D eigenvalue weighted by molar-refractivity contribution is -0.121. The van der Waals surface area contributed by atoms with Crippen LogP contribution in [-0.4, -0.2) is 22.8 Å². The van der Waals surface area contributed by atoms with Gasteiger partial charge in [0.15, 0.2) is 10.9 Å². The number of nitrogens with one attached hydrogen (secondary N) is 2. The van der Waals surface area contributed by atoms with Gasteiger partial charge in [-0.25, -0.2) is 4.98 Å². The highest BCUT2D eigenvalue weighted by Crippen LogP contribution is 2.18. The Kier molecular flexibility index (Phi) is 6.26. The fraction of sp³-hybridized carbons (Fsp3) is 0.211. The second kappa shape index (κ2) is 8.83. The van der Waals surface area contributed by atoms with Crippen molar-refractivity contribution in [3.05, 3.63) is 70.1 Å². The van der Waals surface area contributed by atoms with Gasteiger partial charge < -0.3 is 9.73 Å². The molecule has 3 rings (SSSR count). The highest BCUT2D eigenvalue weighted by atomic mass is 35.5. The number of rotatable bonds is 7. The molecule has 1 unspecified atom stereocenters. The molecule has 0 saturated carbocycles. The molecule has 0 radical (unpaired) electrons. The zero-order valence-corrected chi connectivity index (χ0v) is 16.1. The van der Waals surface area contributed by atoms with Crippen molar-refractivity contribution in [1.82, 2.24) is 10.3 Å². The minimum Gasteiger partial charge on any atom is -0.459 e. The van der Waals surface area contributed by atoms with E-state index in [1.165, 1.54) is 17.6 Å². The van der Waals surface area contributed by atoms with Gasteiger partial charge in [0, 0.05) is 16.4 Å². The first kappa shape index (κ1) is 19.1. The number of carbonyl (C=O) groups is 2. The number of furan rings is 1. The molecular formula is C19H18ClN3O3S. The van der Waals surface area contributed by atoms with Gasteiger partial charge in [0.25, 0.3) is 5.91 Å². The van der Waals surface area contributed by atoms with E-state index >= 15 is 0 Å². The second-order valence-corrected chi connectivity index (χ2v) is 7.28. The van der Waals surface area contributed by atoms with Crippen LogP contribution in [0.2, 0.25) is 5.02 Å². The lowest BCUT2D eigenvalue weighted by atomic mass is 10.1. The Bertz CT molecular complexity index is 924. The molecule has 0 bridgehead atoms. The van der Waals surface area contributed by atoms with E-state index in [4.69, 9.17) is 16.0 Å². The van der Waals surface area contributed by atoms with E-state index in [0.29, 0.717) is 22.3 Å². The summed E-state index contributed by atoms with van der Waals surface area (Å²) < 4.78 is 5.03. The van der Waals surface area contributed by atoms with Crippen LogP contribution < -0.4 is 10.6 Å². The van der Waals surface area contributed by atoms with Crippen molar-refractivity contribution in [3.8, 4) is 0 Å². The van der Waals surface area contributed by atoms with Gasteiger partial charge >= 0.3 is 0 Å². The monoisotopic (exact) mass is 403 g/mol. The zero-order valence-electron chi connectivity index (χ0n) is 14.6. The maximum atomic E-state index is 12.2. The molecule has 140 valence electrons. The average molecular weight is 404 g/mol. The molecule has 2 amide bonds. The number of nitrogens with zero attached hydrogens (tertiary/aromatic N) is 1. The van der Waals surface area contributed by atoms with Crippen LogP contribution in [0, 0.1) is 0 Å². The van der Waals surface area contributed by atoms with Crippen molar-refractivity contribution < 1.29 is 14.0 Å². The van der Waals surface area contributed by atoms with Gasteiger partial charge in [0.2, 0.25) is 5.91 Å². The van der Waals surface area contributed by atoms with Crippen LogP contribution in [0.25, 0.3) is 0 Å². The molecule has 8 heteroatoms. The molecule has 2 aromatic heterocycles. The minimum absolute atomic E-state index is 0.0610. The fourth-order valence-electron chi connectivity index (χ4n) is 2.55. The first-order chi connectivity index (χ1) is 13.0. The lowest BCUT2D eigenvalue weighted by Gasteiger charge is -2.14. The van der Waals surface area contributed by atoms with Crippen LogP contribution in [0.4, 0.5) is 5.13 Å². The van der Waals surface area contributed by atoms with Crippen LogP contribution in [0.1, 0.15) is 28.7 Å². The fourth-order valence-corrected chi connectivity index (χ4v) is 3.47. The SMILES string of the molecule is CC(Cc1ccccc1Cl)NC(=O)Cc1csc(NC(=O)c2ccco2)n1. The summed E-state index contributed by atoms with van der Waals surface area (Å²) in [5.41, 5.74) is 1.58. The number of amides is 2. The molecule has 0 spiro atoms. The molecule has 0 aliphatic carbocycles. The Morgan fingerprint density at radius 1 is 1.26 bits per heavy atom. The summed E-state index contributed by atoms with van der Waals surface area (Å²) in [4.78, 5) is 28.4. The molecule has 2 heterocycles. The molecule has 0 saturated heterocycles. The Hall–Kier alpha value is -2.64. The summed E-state index contributed by atoms with van der Waals surface area (Å²) in [5, 5.41) is 8.44. The van der Waals surface area contributed by atoms with Crippen LogP contribution in [-0.2, 0) is 17.6 Å². The summed E-state index contributed by atoms with van der Waals surface area (Å²) in [6.45, 7) is 1.93. The summed E-state index contributed by atoms with van der Waals surface area (Å²) in [6.07, 6.45) is 2.21. The van der Waals surface area contributed by atoms with Crippen LogP contribution in [0.5, 0.6) is 0 Å². The molecular weight excluding hydrogens is 386 g/mol. The number of hydrogen-bond acceptors (Lipinski definition) is 5. The Balaban J connectivity index is 1.50. The number of anilines is 1. The van der Waals surface area contributed by atoms with Crippen LogP contribution in [0.3, 0.4) is 0 Å². The third-order valence-corrected chi connectivity index (χ3v) is 4.93. The zero-order chi connectivity index (χ0) is 19.2. The smallest absolute Gasteiger partial charge is 0.293 e. The molecule has 2 N–H and O–H groups in total. The maximum Gasteiger partial charge on any atom is 0.293 e. The molecule has 0 aliphatic heterocycles. The highest BCUT2D eigenvalue weighted by Gasteiger charge is 2.14. The number of benzene rings is 1. The largest absolute Gasteiger partial charge is 0.459 e. The van der Waals surface area contributed by atoms with E-state index < -0.39 is 0 Å². The van der Waals surface area contributed by atoms with E-state index in [2.05, 4.69) is 15.6 Å². The normalized spacial score (nSPS) is 11.8. The lowest BCUT2D eigenvalue weighted by Crippen LogP contribution is -2.35. The third-order valence-electron chi connectivity index (χ3n) is 3.75. The predicted molar refractivity (Wildman–Crippen MR) is 105 cm³/mol. The minimum atomic E-state index is -0.376. The molecule has 6 nitrogen and oxygen atoms in total. The molecule has 1 aromatic carbocycles. The van der Waals surface area contributed by atoms with Gasteiger partial charge in [-0.3, -0.25) is 14.9 Å². The predicted octanol–water partition coefficient (Wildman–Crippen LogP) is 3.93. The van der Waals surface area contributed by atoms with Crippen molar-refractivity contribution in [1.29, 1.82) is 0 Å². The van der Waals surface area contributed by atoms with Crippen molar-refractivity contribution >= 4 is 39.9 Å². The van der Waals surface area contributed by atoms with Gasteiger partial charge in [0.1, 0.15) is 0 Å². The molecule has 0 aliphatic rings. The van der Waals surface area contributed by atoms with Gasteiger partial charge in [0.05, 0.1) is 18.4 Å². The van der Waals surface area contributed by atoms with Gasteiger partial charge in [-0.05, 0) is 37.1 Å². The molecule has 0 fully saturated rings. The number of hydrogen-bond donors (Lipinski definition) is 2. The Morgan fingerprint density at radius 3 is 2.81 bits per heavy atom. The first-order valence-electron chi connectivity index (χ1n) is 8.33. The van der Waals surface area contributed by atoms with Crippen LogP contribution in [0.15, 0.2) is 52.5 Å². The van der Waals surface area contributed by atoms with E-state index in [9.17, 15) is 9.59 Å². The summed E-state index contributed by atoms with van der Waals surface area (Å²) in [7, 11) is 0. The summed E-state index contributed by atoms with van der Waals surface area (Å²) >= 11 is 7.41. The standard InChI is InChI=1S/C19H18ClN3O3S/c1-12(9-13-5-2-3-6-15(13)20)21-17(24)10-14-11-27-19(22-14)23-18(25)16-7-4-8-26-16/h2-8,11-12H,9-10H2,1H3,(H,21,24)(H,22,23,25). The van der Waals surface area contributed by atoms with E-state index in [1.807, 2.05) is 31.2 Å². The van der Waals surface area contributed by atoms with Crippen molar-refractivity contribution in [2.24, 2.45) is 0 Å². The summed E-state index contributed by atoms with van der Waals surface area (Å²) in [6, 6.07) is 10.7.